The first-order valence-corrected chi connectivity index (χ1v) is 11.6. The largest absolute Gasteiger partial charge is 0.444 e. The minimum absolute atomic E-state index is 0.0459. The Morgan fingerprint density at radius 2 is 2.11 bits per heavy atom. The van der Waals surface area contributed by atoms with Gasteiger partial charge in [0, 0.05) is 18.3 Å². The number of hydrogen-bond acceptors (Lipinski definition) is 8. The normalized spacial score (nSPS) is 13.0. The van der Waals surface area contributed by atoms with E-state index in [-0.39, 0.29) is 29.5 Å². The summed E-state index contributed by atoms with van der Waals surface area (Å²) in [6.07, 6.45) is 11.0. The molecule has 0 aromatic carbocycles. The summed E-state index contributed by atoms with van der Waals surface area (Å²) in [6.45, 7) is 5.98. The summed E-state index contributed by atoms with van der Waals surface area (Å²) in [4.78, 5) is 47.5. The topological polar surface area (TPSA) is 158 Å². The number of amides is 3. The fourth-order valence-electron chi connectivity index (χ4n) is 3.40. The number of carbonyl (C=O) groups excluding carboxylic acids is 3. The SMILES string of the molecule is C#CCn1cc(NC(=O)c2coc(-c3ccnc(N(CC4CC4)C(=O)OC(C)(C)C)c3)n2)c(C(N)=O)n1. The molecule has 12 nitrogen and oxygen atoms in total. The number of terminal acetylenes is 1. The molecule has 37 heavy (non-hydrogen) atoms. The van der Waals surface area contributed by atoms with E-state index in [0.717, 1.165) is 12.8 Å². The van der Waals surface area contributed by atoms with Crippen LogP contribution in [0.1, 0.15) is 54.6 Å². The van der Waals surface area contributed by atoms with Gasteiger partial charge in [-0.2, -0.15) is 5.10 Å². The Labute approximate surface area is 213 Å². The van der Waals surface area contributed by atoms with Gasteiger partial charge in [0.15, 0.2) is 11.4 Å². The van der Waals surface area contributed by atoms with Gasteiger partial charge in [0.25, 0.3) is 11.8 Å². The second-order valence-corrected chi connectivity index (χ2v) is 9.59. The lowest BCUT2D eigenvalue weighted by Crippen LogP contribution is -2.38. The van der Waals surface area contributed by atoms with Gasteiger partial charge in [0.05, 0.1) is 11.9 Å². The molecular formula is C25H27N7O5. The Bertz CT molecular complexity index is 1370. The van der Waals surface area contributed by atoms with Crippen LogP contribution < -0.4 is 16.0 Å². The maximum Gasteiger partial charge on any atom is 0.416 e. The zero-order chi connectivity index (χ0) is 26.7. The number of ether oxygens (including phenoxy) is 1. The molecule has 0 aliphatic heterocycles. The fourth-order valence-corrected chi connectivity index (χ4v) is 3.40. The van der Waals surface area contributed by atoms with Crippen LogP contribution in [0, 0.1) is 18.3 Å². The van der Waals surface area contributed by atoms with E-state index < -0.39 is 23.5 Å². The standard InChI is InChI=1S/C25H27N7O5/c1-5-10-31-13-17(20(30-31)21(26)33)28-22(34)18-14-36-23(29-18)16-8-9-27-19(11-16)32(12-15-6-7-15)24(35)37-25(2,3)4/h1,8-9,11,13-15H,6-7,10,12H2,2-4H3,(H2,26,33)(H,28,34). The molecule has 192 valence electrons. The lowest BCUT2D eigenvalue weighted by atomic mass is 10.2. The highest BCUT2D eigenvalue weighted by molar-refractivity contribution is 6.07. The van der Waals surface area contributed by atoms with E-state index >= 15 is 0 Å². The van der Waals surface area contributed by atoms with Crippen LogP contribution in [-0.2, 0) is 11.3 Å². The molecule has 1 saturated carbocycles. The van der Waals surface area contributed by atoms with Crippen LogP contribution in [0.5, 0.6) is 0 Å². The summed E-state index contributed by atoms with van der Waals surface area (Å²) in [6, 6.07) is 3.30. The van der Waals surface area contributed by atoms with Crippen molar-refractivity contribution < 1.29 is 23.5 Å². The van der Waals surface area contributed by atoms with E-state index in [1.54, 1.807) is 32.9 Å². The molecule has 4 rings (SSSR count). The third-order valence-corrected chi connectivity index (χ3v) is 5.25. The van der Waals surface area contributed by atoms with E-state index in [1.807, 2.05) is 0 Å². The Morgan fingerprint density at radius 1 is 1.35 bits per heavy atom. The monoisotopic (exact) mass is 505 g/mol. The first-order valence-electron chi connectivity index (χ1n) is 11.6. The van der Waals surface area contributed by atoms with Crippen molar-refractivity contribution in [3.05, 3.63) is 42.2 Å². The van der Waals surface area contributed by atoms with Crippen molar-refractivity contribution in [1.82, 2.24) is 19.7 Å². The molecule has 1 aliphatic rings. The number of primary amides is 1. The predicted octanol–water partition coefficient (Wildman–Crippen LogP) is 3.07. The average Bonchev–Trinajstić information content (AvgIpc) is 3.34. The fraction of sp³-hybridized carbons (Fsp3) is 0.360. The highest BCUT2D eigenvalue weighted by Gasteiger charge is 2.31. The van der Waals surface area contributed by atoms with Crippen molar-refractivity contribution in [3.63, 3.8) is 0 Å². The molecule has 0 unspecified atom stereocenters. The van der Waals surface area contributed by atoms with E-state index in [2.05, 4.69) is 26.3 Å². The minimum atomic E-state index is -0.822. The summed E-state index contributed by atoms with van der Waals surface area (Å²) >= 11 is 0. The molecule has 1 fully saturated rings. The second kappa shape index (κ2) is 10.1. The summed E-state index contributed by atoms with van der Waals surface area (Å²) < 4.78 is 12.4. The predicted molar refractivity (Wildman–Crippen MR) is 134 cm³/mol. The van der Waals surface area contributed by atoms with Crippen LogP contribution in [0.2, 0.25) is 0 Å². The molecular weight excluding hydrogens is 478 g/mol. The molecule has 3 heterocycles. The molecule has 3 aromatic heterocycles. The molecule has 0 atom stereocenters. The number of oxazole rings is 1. The van der Waals surface area contributed by atoms with Crippen molar-refractivity contribution in [1.29, 1.82) is 0 Å². The second-order valence-electron chi connectivity index (χ2n) is 9.59. The number of anilines is 2. The molecule has 12 heteroatoms. The van der Waals surface area contributed by atoms with Crippen LogP contribution in [0.25, 0.3) is 11.5 Å². The maximum absolute atomic E-state index is 12.9. The van der Waals surface area contributed by atoms with E-state index in [0.29, 0.717) is 23.8 Å². The van der Waals surface area contributed by atoms with E-state index in [1.165, 1.54) is 28.2 Å². The molecule has 3 N–H and O–H groups in total. The number of nitrogens with zero attached hydrogens (tertiary/aromatic N) is 5. The maximum atomic E-state index is 12.9. The molecule has 0 bridgehead atoms. The van der Waals surface area contributed by atoms with Gasteiger partial charge in [0.1, 0.15) is 24.2 Å². The lowest BCUT2D eigenvalue weighted by molar-refractivity contribution is 0.0577. The van der Waals surface area contributed by atoms with Crippen molar-refractivity contribution in [2.45, 2.75) is 45.8 Å². The molecule has 0 saturated heterocycles. The number of carbonyl (C=O) groups is 3. The van der Waals surface area contributed by atoms with Gasteiger partial charge in [-0.15, -0.1) is 6.42 Å². The quantitative estimate of drug-likeness (QED) is 0.442. The highest BCUT2D eigenvalue weighted by atomic mass is 16.6. The molecule has 3 aromatic rings. The number of nitrogens with two attached hydrogens (primary N) is 1. The third-order valence-electron chi connectivity index (χ3n) is 5.25. The minimum Gasteiger partial charge on any atom is -0.444 e. The average molecular weight is 506 g/mol. The van der Waals surface area contributed by atoms with E-state index in [4.69, 9.17) is 21.3 Å². The molecule has 0 radical (unpaired) electrons. The summed E-state index contributed by atoms with van der Waals surface area (Å²) in [5.41, 5.74) is 5.11. The Balaban J connectivity index is 1.54. The zero-order valence-corrected chi connectivity index (χ0v) is 20.7. The van der Waals surface area contributed by atoms with Gasteiger partial charge in [0.2, 0.25) is 5.89 Å². The highest BCUT2D eigenvalue weighted by Crippen LogP contribution is 2.32. The summed E-state index contributed by atoms with van der Waals surface area (Å²) in [5, 5.41) is 6.53. The Hall–Kier alpha value is -4.66. The van der Waals surface area contributed by atoms with Crippen LogP contribution in [-0.4, -0.2) is 49.8 Å². The van der Waals surface area contributed by atoms with E-state index in [9.17, 15) is 14.4 Å². The van der Waals surface area contributed by atoms with Gasteiger partial charge in [-0.25, -0.2) is 14.8 Å². The summed E-state index contributed by atoms with van der Waals surface area (Å²) in [7, 11) is 0. The van der Waals surface area contributed by atoms with Crippen molar-refractivity contribution >= 4 is 29.4 Å². The Kier molecular flexibility index (Phi) is 6.97. The molecule has 3 amide bonds. The van der Waals surface area contributed by atoms with Crippen molar-refractivity contribution in [2.75, 3.05) is 16.8 Å². The number of hydrogen-bond donors (Lipinski definition) is 2. The number of rotatable bonds is 8. The first-order chi connectivity index (χ1) is 17.5. The van der Waals surface area contributed by atoms with Gasteiger partial charge in [-0.3, -0.25) is 19.2 Å². The van der Waals surface area contributed by atoms with Crippen molar-refractivity contribution in [2.24, 2.45) is 11.7 Å². The Morgan fingerprint density at radius 3 is 2.76 bits per heavy atom. The zero-order valence-electron chi connectivity index (χ0n) is 20.7. The van der Waals surface area contributed by atoms with Crippen molar-refractivity contribution in [3.8, 4) is 23.8 Å². The number of nitrogens with one attached hydrogen (secondary N) is 1. The number of pyridine rings is 1. The van der Waals surface area contributed by atoms with Gasteiger partial charge in [-0.05, 0) is 51.7 Å². The van der Waals surface area contributed by atoms with Crippen LogP contribution in [0.15, 0.2) is 35.2 Å². The molecule has 1 aliphatic carbocycles. The van der Waals surface area contributed by atoms with Crippen LogP contribution >= 0.6 is 0 Å². The summed E-state index contributed by atoms with van der Waals surface area (Å²) in [5.74, 6) is 1.84. The van der Waals surface area contributed by atoms with Crippen LogP contribution in [0.4, 0.5) is 16.3 Å². The van der Waals surface area contributed by atoms with Gasteiger partial charge >= 0.3 is 6.09 Å². The number of aromatic nitrogens is 4. The van der Waals surface area contributed by atoms with Gasteiger partial charge < -0.3 is 20.2 Å². The van der Waals surface area contributed by atoms with Gasteiger partial charge in [-0.1, -0.05) is 5.92 Å². The first kappa shape index (κ1) is 25.4. The lowest BCUT2D eigenvalue weighted by Gasteiger charge is -2.27. The third kappa shape index (κ3) is 6.32. The smallest absolute Gasteiger partial charge is 0.416 e. The van der Waals surface area contributed by atoms with Crippen LogP contribution in [0.3, 0.4) is 0 Å². The molecule has 0 spiro atoms.